The number of hydrogen-bond acceptors (Lipinski definition) is 2. The Balaban J connectivity index is 0.000000956. The van der Waals surface area contributed by atoms with Gasteiger partial charge < -0.3 is 10.6 Å². The van der Waals surface area contributed by atoms with Crippen LogP contribution >= 0.6 is 0 Å². The van der Waals surface area contributed by atoms with E-state index in [9.17, 15) is 4.79 Å². The number of nitrogens with two attached hydrogens (primary N) is 1. The Labute approximate surface area is 123 Å². The van der Waals surface area contributed by atoms with Gasteiger partial charge in [0.15, 0.2) is 0 Å². The Bertz CT molecular complexity index is 417. The smallest absolute Gasteiger partial charge is 0.218 e. The number of hydrogen-bond donors (Lipinski definition) is 1. The molecule has 1 amide bonds. The standard InChI is InChI=1S/C15H22N2O.C2H6/c1-12-3-5-13(6-4-12)15(11-14(16)18)7-9-17(2)10-8-15;1-2/h3-6H,7-11H2,1-2H3,(H2,16,18);1-2H3. The second-order valence-corrected chi connectivity index (χ2v) is 5.59. The fourth-order valence-corrected chi connectivity index (χ4v) is 2.85. The largest absolute Gasteiger partial charge is 0.370 e. The summed E-state index contributed by atoms with van der Waals surface area (Å²) in [6.07, 6.45) is 2.48. The minimum Gasteiger partial charge on any atom is -0.370 e. The van der Waals surface area contributed by atoms with E-state index in [1.807, 2.05) is 13.8 Å². The number of likely N-dealkylation sites (tertiary alicyclic amines) is 1. The van der Waals surface area contributed by atoms with Gasteiger partial charge in [0.05, 0.1) is 0 Å². The number of benzene rings is 1. The molecule has 1 saturated heterocycles. The van der Waals surface area contributed by atoms with Gasteiger partial charge in [-0.2, -0.15) is 0 Å². The van der Waals surface area contributed by atoms with Gasteiger partial charge >= 0.3 is 0 Å². The van der Waals surface area contributed by atoms with Gasteiger partial charge in [0.25, 0.3) is 0 Å². The van der Waals surface area contributed by atoms with Crippen molar-refractivity contribution in [3.63, 3.8) is 0 Å². The van der Waals surface area contributed by atoms with Crippen LogP contribution < -0.4 is 5.73 Å². The van der Waals surface area contributed by atoms with Crippen LogP contribution in [0.5, 0.6) is 0 Å². The summed E-state index contributed by atoms with van der Waals surface area (Å²) in [5.41, 5.74) is 7.92. The van der Waals surface area contributed by atoms with Gasteiger partial charge in [0.2, 0.25) is 5.91 Å². The van der Waals surface area contributed by atoms with Crippen molar-refractivity contribution in [3.8, 4) is 0 Å². The first-order valence-electron chi connectivity index (χ1n) is 7.56. The molecule has 1 heterocycles. The van der Waals surface area contributed by atoms with Crippen LogP contribution in [0, 0.1) is 6.92 Å². The molecule has 0 radical (unpaired) electrons. The van der Waals surface area contributed by atoms with Crippen LogP contribution in [0.1, 0.15) is 44.2 Å². The van der Waals surface area contributed by atoms with Gasteiger partial charge in [-0.3, -0.25) is 4.79 Å². The Morgan fingerprint density at radius 1 is 1.20 bits per heavy atom. The number of aryl methyl sites for hydroxylation is 1. The summed E-state index contributed by atoms with van der Waals surface area (Å²) in [6, 6.07) is 8.56. The summed E-state index contributed by atoms with van der Waals surface area (Å²) < 4.78 is 0. The van der Waals surface area contributed by atoms with E-state index in [0.717, 1.165) is 25.9 Å². The molecule has 112 valence electrons. The van der Waals surface area contributed by atoms with Gasteiger partial charge in [-0.1, -0.05) is 43.7 Å². The fourth-order valence-electron chi connectivity index (χ4n) is 2.85. The molecule has 1 aromatic carbocycles. The van der Waals surface area contributed by atoms with E-state index in [1.165, 1.54) is 11.1 Å². The molecule has 1 aliphatic rings. The molecule has 3 nitrogen and oxygen atoms in total. The van der Waals surface area contributed by atoms with Crippen molar-refractivity contribution in [2.24, 2.45) is 5.73 Å². The second-order valence-electron chi connectivity index (χ2n) is 5.59. The highest BCUT2D eigenvalue weighted by molar-refractivity contribution is 5.75. The van der Waals surface area contributed by atoms with Gasteiger partial charge in [0, 0.05) is 11.8 Å². The SMILES string of the molecule is CC.Cc1ccc(C2(CC(N)=O)CCN(C)CC2)cc1. The van der Waals surface area contributed by atoms with E-state index < -0.39 is 0 Å². The molecule has 1 aliphatic heterocycles. The van der Waals surface area contributed by atoms with Crippen molar-refractivity contribution in [2.45, 2.75) is 45.4 Å². The predicted octanol–water partition coefficient (Wildman–Crippen LogP) is 2.86. The summed E-state index contributed by atoms with van der Waals surface area (Å²) in [7, 11) is 2.13. The van der Waals surface area contributed by atoms with Crippen LogP contribution in [-0.4, -0.2) is 30.9 Å². The number of nitrogens with zero attached hydrogens (tertiary/aromatic N) is 1. The van der Waals surface area contributed by atoms with Crippen LogP contribution in [0.15, 0.2) is 24.3 Å². The maximum absolute atomic E-state index is 11.4. The molecule has 0 atom stereocenters. The van der Waals surface area contributed by atoms with Crippen LogP contribution in [-0.2, 0) is 10.2 Å². The van der Waals surface area contributed by atoms with Crippen molar-refractivity contribution < 1.29 is 4.79 Å². The van der Waals surface area contributed by atoms with E-state index in [1.54, 1.807) is 0 Å². The van der Waals surface area contributed by atoms with E-state index in [0.29, 0.717) is 6.42 Å². The predicted molar refractivity (Wildman–Crippen MR) is 84.7 cm³/mol. The van der Waals surface area contributed by atoms with Gasteiger partial charge in [0.1, 0.15) is 0 Å². The molecule has 1 aromatic rings. The average molecular weight is 276 g/mol. The van der Waals surface area contributed by atoms with Gasteiger partial charge in [-0.15, -0.1) is 0 Å². The minimum atomic E-state index is -0.194. The third-order valence-electron chi connectivity index (χ3n) is 4.12. The molecular formula is C17H28N2O. The Hall–Kier alpha value is -1.35. The van der Waals surface area contributed by atoms with E-state index in [-0.39, 0.29) is 11.3 Å². The molecule has 1 fully saturated rings. The molecule has 0 unspecified atom stereocenters. The summed E-state index contributed by atoms with van der Waals surface area (Å²) >= 11 is 0. The highest BCUT2D eigenvalue weighted by Crippen LogP contribution is 2.38. The zero-order valence-electron chi connectivity index (χ0n) is 13.3. The van der Waals surface area contributed by atoms with Crippen LogP contribution in [0.25, 0.3) is 0 Å². The zero-order chi connectivity index (χ0) is 15.2. The quantitative estimate of drug-likeness (QED) is 0.922. The van der Waals surface area contributed by atoms with Gasteiger partial charge in [-0.25, -0.2) is 0 Å². The Morgan fingerprint density at radius 2 is 1.70 bits per heavy atom. The highest BCUT2D eigenvalue weighted by Gasteiger charge is 2.36. The summed E-state index contributed by atoms with van der Waals surface area (Å²) in [5, 5.41) is 0. The average Bonchev–Trinajstić information content (AvgIpc) is 2.44. The highest BCUT2D eigenvalue weighted by atomic mass is 16.1. The third kappa shape index (κ3) is 4.07. The number of amides is 1. The number of rotatable bonds is 3. The lowest BCUT2D eigenvalue weighted by Crippen LogP contribution is -2.43. The lowest BCUT2D eigenvalue weighted by Gasteiger charge is -2.40. The molecule has 0 aromatic heterocycles. The van der Waals surface area contributed by atoms with Crippen molar-refractivity contribution >= 4 is 5.91 Å². The summed E-state index contributed by atoms with van der Waals surface area (Å²) in [4.78, 5) is 13.7. The van der Waals surface area contributed by atoms with Gasteiger partial charge in [-0.05, 0) is 45.5 Å². The fraction of sp³-hybridized carbons (Fsp3) is 0.588. The minimum absolute atomic E-state index is 0.0496. The molecule has 20 heavy (non-hydrogen) atoms. The maximum Gasteiger partial charge on any atom is 0.218 e. The molecule has 0 aliphatic carbocycles. The molecule has 3 heteroatoms. The third-order valence-corrected chi connectivity index (χ3v) is 4.12. The normalized spacial score (nSPS) is 18.0. The zero-order valence-corrected chi connectivity index (χ0v) is 13.3. The number of carbonyl (C=O) groups is 1. The number of carbonyl (C=O) groups excluding carboxylic acids is 1. The van der Waals surface area contributed by atoms with Crippen LogP contribution in [0.2, 0.25) is 0 Å². The summed E-state index contributed by atoms with van der Waals surface area (Å²) in [6.45, 7) is 8.14. The van der Waals surface area contributed by atoms with E-state index in [2.05, 4.69) is 43.1 Å². The Kier molecular flexibility index (Phi) is 6.21. The molecule has 0 bridgehead atoms. The Morgan fingerprint density at radius 3 is 2.15 bits per heavy atom. The number of piperidine rings is 1. The first kappa shape index (κ1) is 16.7. The molecule has 2 N–H and O–H groups in total. The molecular weight excluding hydrogens is 248 g/mol. The van der Waals surface area contributed by atoms with Crippen molar-refractivity contribution in [3.05, 3.63) is 35.4 Å². The second kappa shape index (κ2) is 7.44. The van der Waals surface area contributed by atoms with Crippen LogP contribution in [0.3, 0.4) is 0 Å². The summed E-state index contributed by atoms with van der Waals surface area (Å²) in [5.74, 6) is -0.194. The van der Waals surface area contributed by atoms with E-state index >= 15 is 0 Å². The van der Waals surface area contributed by atoms with Crippen molar-refractivity contribution in [1.29, 1.82) is 0 Å². The maximum atomic E-state index is 11.4. The van der Waals surface area contributed by atoms with Crippen molar-refractivity contribution in [2.75, 3.05) is 20.1 Å². The van der Waals surface area contributed by atoms with Crippen molar-refractivity contribution in [1.82, 2.24) is 4.90 Å². The van der Waals surface area contributed by atoms with E-state index in [4.69, 9.17) is 5.73 Å². The lowest BCUT2D eigenvalue weighted by atomic mass is 9.70. The first-order valence-corrected chi connectivity index (χ1v) is 7.56. The lowest BCUT2D eigenvalue weighted by molar-refractivity contribution is -0.119. The molecule has 0 saturated carbocycles. The molecule has 0 spiro atoms. The molecule has 2 rings (SSSR count). The number of primary amides is 1. The first-order chi connectivity index (χ1) is 9.52. The van der Waals surface area contributed by atoms with Crippen LogP contribution in [0.4, 0.5) is 0 Å². The topological polar surface area (TPSA) is 46.3 Å². The monoisotopic (exact) mass is 276 g/mol.